The van der Waals surface area contributed by atoms with Crippen LogP contribution in [-0.4, -0.2) is 44.0 Å². The molecular weight excluding hydrogens is 378 g/mol. The molecule has 0 bridgehead atoms. The van der Waals surface area contributed by atoms with Crippen molar-refractivity contribution in [3.8, 4) is 29.7 Å². The Hall–Kier alpha value is -3.34. The minimum atomic E-state index is -1.73. The van der Waals surface area contributed by atoms with Gasteiger partial charge in [0, 0.05) is 24.9 Å². The van der Waals surface area contributed by atoms with Crippen molar-refractivity contribution in [1.29, 1.82) is 21.2 Å². The lowest BCUT2D eigenvalue weighted by atomic mass is 9.54. The largest absolute Gasteiger partial charge is 0.490 e. The summed E-state index contributed by atoms with van der Waals surface area (Å²) in [5, 5.41) is 38.7. The molecule has 2 aliphatic rings. The maximum Gasteiger partial charge on any atom is 0.189 e. The highest BCUT2D eigenvalue weighted by molar-refractivity contribution is 6.00. The molecule has 7 nitrogen and oxygen atoms in total. The van der Waals surface area contributed by atoms with Gasteiger partial charge < -0.3 is 19.8 Å². The molecule has 0 radical (unpaired) electrons. The smallest absolute Gasteiger partial charge is 0.189 e. The molecule has 154 valence electrons. The number of ether oxygens (including phenoxy) is 2. The van der Waals surface area contributed by atoms with Crippen LogP contribution in [0.3, 0.4) is 0 Å². The lowest BCUT2D eigenvalue weighted by Gasteiger charge is -2.47. The second kappa shape index (κ2) is 8.57. The Morgan fingerprint density at radius 3 is 2.40 bits per heavy atom. The maximum absolute atomic E-state index is 10.1. The van der Waals surface area contributed by atoms with Crippen molar-refractivity contribution < 1.29 is 9.47 Å². The number of likely N-dealkylation sites (N-methyl/N-ethyl adjacent to an activating group) is 1. The summed E-state index contributed by atoms with van der Waals surface area (Å²) < 4.78 is 11.4. The van der Waals surface area contributed by atoms with E-state index < -0.39 is 17.3 Å². The highest BCUT2D eigenvalue weighted by Crippen LogP contribution is 2.54. The summed E-state index contributed by atoms with van der Waals surface area (Å²) >= 11 is 0. The van der Waals surface area contributed by atoms with E-state index in [0.29, 0.717) is 37.8 Å². The van der Waals surface area contributed by atoms with Gasteiger partial charge in [-0.15, -0.1) is 0 Å². The van der Waals surface area contributed by atoms with Gasteiger partial charge in [0.2, 0.25) is 0 Å². The number of hydrogen-bond acceptors (Lipinski definition) is 7. The molecule has 7 heteroatoms. The van der Waals surface area contributed by atoms with Gasteiger partial charge in [0.05, 0.1) is 37.1 Å². The normalized spacial score (nSPS) is 25.1. The number of fused-ring (bicyclic) bond motifs is 1. The van der Waals surface area contributed by atoms with E-state index in [4.69, 9.17) is 14.9 Å². The van der Waals surface area contributed by atoms with Crippen molar-refractivity contribution in [2.24, 2.45) is 17.3 Å². The van der Waals surface area contributed by atoms with Gasteiger partial charge >= 0.3 is 0 Å². The van der Waals surface area contributed by atoms with Gasteiger partial charge in [0.15, 0.2) is 16.9 Å². The Labute approximate surface area is 177 Å². The SMILES string of the molecule is CCOc1ccc([C@H]2[C@@H]3CN(C)CC=C3[C@@H](C#N)C(=N)C2(C#N)C#N)cc1OCC. The molecular formula is C23H25N5O2. The average molecular weight is 403 g/mol. The zero-order valence-electron chi connectivity index (χ0n) is 17.5. The summed E-state index contributed by atoms with van der Waals surface area (Å²) in [7, 11) is 1.97. The second-order valence-corrected chi connectivity index (χ2v) is 7.59. The molecule has 3 rings (SSSR count). The summed E-state index contributed by atoms with van der Waals surface area (Å²) in [5.74, 6) is -0.527. The summed E-state index contributed by atoms with van der Waals surface area (Å²) in [6, 6.07) is 11.8. The fourth-order valence-corrected chi connectivity index (χ4v) is 4.59. The fraction of sp³-hybridized carbons (Fsp3) is 0.478. The third kappa shape index (κ3) is 3.30. The fourth-order valence-electron chi connectivity index (χ4n) is 4.59. The predicted octanol–water partition coefficient (Wildman–Crippen LogP) is 3.26. The molecule has 3 atom stereocenters. The molecule has 30 heavy (non-hydrogen) atoms. The Balaban J connectivity index is 2.23. The molecule has 0 unspecified atom stereocenters. The summed E-state index contributed by atoms with van der Waals surface area (Å²) in [4.78, 5) is 2.10. The average Bonchev–Trinajstić information content (AvgIpc) is 2.75. The van der Waals surface area contributed by atoms with Gasteiger partial charge in [0.1, 0.15) is 5.92 Å². The molecule has 1 fully saturated rings. The van der Waals surface area contributed by atoms with Gasteiger partial charge in [-0.05, 0) is 44.2 Å². The topological polar surface area (TPSA) is 117 Å². The summed E-state index contributed by atoms with van der Waals surface area (Å²) in [5.41, 5.74) is -0.299. The van der Waals surface area contributed by atoms with E-state index in [1.165, 1.54) is 0 Å². The zero-order chi connectivity index (χ0) is 21.9. The Kier molecular flexibility index (Phi) is 6.11. The van der Waals surface area contributed by atoms with E-state index in [2.05, 4.69) is 23.1 Å². The van der Waals surface area contributed by atoms with Crippen molar-refractivity contribution in [2.45, 2.75) is 19.8 Å². The maximum atomic E-state index is 10.1. The molecule has 0 aromatic heterocycles. The zero-order valence-corrected chi connectivity index (χ0v) is 17.5. The summed E-state index contributed by atoms with van der Waals surface area (Å²) in [6.45, 7) is 5.97. The van der Waals surface area contributed by atoms with Crippen molar-refractivity contribution in [2.75, 3.05) is 33.4 Å². The Bertz CT molecular complexity index is 980. The van der Waals surface area contributed by atoms with E-state index in [-0.39, 0.29) is 11.6 Å². The molecule has 1 aliphatic heterocycles. The lowest BCUT2D eigenvalue weighted by Crippen LogP contribution is -2.52. The molecule has 1 heterocycles. The van der Waals surface area contributed by atoms with Crippen LogP contribution < -0.4 is 9.47 Å². The lowest BCUT2D eigenvalue weighted by molar-refractivity contribution is 0.234. The first-order valence-corrected chi connectivity index (χ1v) is 10.1. The number of hydrogen-bond donors (Lipinski definition) is 1. The van der Waals surface area contributed by atoms with Crippen LogP contribution >= 0.6 is 0 Å². The van der Waals surface area contributed by atoms with E-state index >= 15 is 0 Å². The van der Waals surface area contributed by atoms with Crippen LogP contribution in [-0.2, 0) is 0 Å². The number of nitriles is 3. The Morgan fingerprint density at radius 2 is 1.80 bits per heavy atom. The standard InChI is InChI=1S/C23H25N5O2/c1-4-29-19-7-6-15(10-20(19)30-5-2)21-18-12-28(3)9-8-16(18)17(11-24)22(27)23(21,13-25)14-26/h6-8,10,17-18,21,27H,4-5,9,12H2,1-3H3/t17-,18-,21+/m1/s1. The van der Waals surface area contributed by atoms with Gasteiger partial charge in [0.25, 0.3) is 0 Å². The van der Waals surface area contributed by atoms with Crippen LogP contribution in [0.2, 0.25) is 0 Å². The van der Waals surface area contributed by atoms with Crippen molar-refractivity contribution in [1.82, 2.24) is 4.90 Å². The molecule has 1 aromatic carbocycles. The van der Waals surface area contributed by atoms with E-state index in [1.807, 2.05) is 39.1 Å². The number of rotatable bonds is 5. The van der Waals surface area contributed by atoms with Gasteiger partial charge in [-0.1, -0.05) is 12.1 Å². The van der Waals surface area contributed by atoms with Gasteiger partial charge in [-0.3, -0.25) is 0 Å². The quantitative estimate of drug-likeness (QED) is 0.754. The molecule has 0 spiro atoms. The molecule has 1 aliphatic carbocycles. The molecule has 1 saturated carbocycles. The van der Waals surface area contributed by atoms with E-state index in [0.717, 1.165) is 11.1 Å². The van der Waals surface area contributed by atoms with Crippen LogP contribution in [0, 0.1) is 56.7 Å². The third-order valence-electron chi connectivity index (χ3n) is 5.90. The Morgan fingerprint density at radius 1 is 1.13 bits per heavy atom. The first-order chi connectivity index (χ1) is 14.5. The number of nitrogens with zero attached hydrogens (tertiary/aromatic N) is 4. The highest BCUT2D eigenvalue weighted by Gasteiger charge is 2.57. The molecule has 1 N–H and O–H groups in total. The van der Waals surface area contributed by atoms with Crippen LogP contribution in [0.1, 0.15) is 25.3 Å². The van der Waals surface area contributed by atoms with Crippen LogP contribution in [0.25, 0.3) is 0 Å². The molecule has 0 amide bonds. The molecule has 1 aromatic rings. The van der Waals surface area contributed by atoms with Gasteiger partial charge in [-0.25, -0.2) is 0 Å². The number of benzene rings is 1. The van der Waals surface area contributed by atoms with Crippen molar-refractivity contribution in [3.05, 3.63) is 35.4 Å². The summed E-state index contributed by atoms with van der Waals surface area (Å²) in [6.07, 6.45) is 1.97. The minimum Gasteiger partial charge on any atom is -0.490 e. The van der Waals surface area contributed by atoms with Crippen LogP contribution in [0.4, 0.5) is 0 Å². The van der Waals surface area contributed by atoms with E-state index in [9.17, 15) is 15.8 Å². The van der Waals surface area contributed by atoms with Crippen LogP contribution in [0.15, 0.2) is 29.8 Å². The van der Waals surface area contributed by atoms with Crippen molar-refractivity contribution >= 4 is 5.71 Å². The monoisotopic (exact) mass is 403 g/mol. The third-order valence-corrected chi connectivity index (χ3v) is 5.90. The highest BCUT2D eigenvalue weighted by atomic mass is 16.5. The molecule has 0 saturated heterocycles. The van der Waals surface area contributed by atoms with E-state index in [1.54, 1.807) is 6.07 Å². The first kappa shape index (κ1) is 21.4. The predicted molar refractivity (Wildman–Crippen MR) is 111 cm³/mol. The first-order valence-electron chi connectivity index (χ1n) is 10.1. The van der Waals surface area contributed by atoms with Crippen molar-refractivity contribution in [3.63, 3.8) is 0 Å². The number of nitrogens with one attached hydrogen (secondary N) is 1. The van der Waals surface area contributed by atoms with Crippen LogP contribution in [0.5, 0.6) is 11.5 Å². The second-order valence-electron chi connectivity index (χ2n) is 7.59. The minimum absolute atomic E-state index is 0.140. The van der Waals surface area contributed by atoms with Gasteiger partial charge in [-0.2, -0.15) is 15.8 Å².